The summed E-state index contributed by atoms with van der Waals surface area (Å²) in [6.45, 7) is 7.48. The van der Waals surface area contributed by atoms with Crippen LogP contribution in [0, 0.1) is 10.5 Å². The van der Waals surface area contributed by atoms with Gasteiger partial charge in [-0.2, -0.15) is 9.78 Å². The molecule has 1 heterocycles. The standard InChI is InChI=1S/C12H17IN2O2/c1-7-9(13)10(8-5-6-8)14-15(7)11(16)17-12(2,3)4/h8H,5-6H2,1-4H3. The smallest absolute Gasteiger partial charge is 0.435 e. The van der Waals surface area contributed by atoms with Gasteiger partial charge in [0, 0.05) is 5.92 Å². The number of hydrogen-bond donors (Lipinski definition) is 0. The number of rotatable bonds is 1. The summed E-state index contributed by atoms with van der Waals surface area (Å²) in [4.78, 5) is 12.0. The molecular formula is C12H17IN2O2. The Morgan fingerprint density at radius 2 is 2.06 bits per heavy atom. The molecular weight excluding hydrogens is 331 g/mol. The van der Waals surface area contributed by atoms with Crippen LogP contribution in [0.25, 0.3) is 0 Å². The monoisotopic (exact) mass is 348 g/mol. The van der Waals surface area contributed by atoms with E-state index in [0.29, 0.717) is 5.92 Å². The van der Waals surface area contributed by atoms with E-state index in [4.69, 9.17) is 4.74 Å². The van der Waals surface area contributed by atoms with Gasteiger partial charge in [0.25, 0.3) is 0 Å². The average molecular weight is 348 g/mol. The average Bonchev–Trinajstić information content (AvgIpc) is 2.94. The summed E-state index contributed by atoms with van der Waals surface area (Å²) in [7, 11) is 0. The van der Waals surface area contributed by atoms with Crippen LogP contribution in [0.1, 0.15) is 50.9 Å². The zero-order valence-electron chi connectivity index (χ0n) is 10.6. The summed E-state index contributed by atoms with van der Waals surface area (Å²) >= 11 is 2.26. The second-order valence-corrected chi connectivity index (χ2v) is 6.53. The lowest BCUT2D eigenvalue weighted by molar-refractivity contribution is 0.0510. The predicted octanol–water partition coefficient (Wildman–Crippen LogP) is 3.46. The van der Waals surface area contributed by atoms with Crippen molar-refractivity contribution >= 4 is 28.7 Å². The molecule has 1 aromatic heterocycles. The van der Waals surface area contributed by atoms with E-state index in [9.17, 15) is 4.79 Å². The summed E-state index contributed by atoms with van der Waals surface area (Å²) in [6, 6.07) is 0. The first-order valence-electron chi connectivity index (χ1n) is 5.78. The SMILES string of the molecule is Cc1c(I)c(C2CC2)nn1C(=O)OC(C)(C)C. The van der Waals surface area contributed by atoms with E-state index in [-0.39, 0.29) is 6.09 Å². The van der Waals surface area contributed by atoms with E-state index in [1.807, 2.05) is 27.7 Å². The van der Waals surface area contributed by atoms with E-state index in [1.54, 1.807) is 0 Å². The van der Waals surface area contributed by atoms with E-state index >= 15 is 0 Å². The Morgan fingerprint density at radius 1 is 1.47 bits per heavy atom. The molecule has 1 aliphatic rings. The van der Waals surface area contributed by atoms with Gasteiger partial charge < -0.3 is 4.74 Å². The van der Waals surface area contributed by atoms with Gasteiger partial charge in [-0.3, -0.25) is 0 Å². The molecule has 2 rings (SSSR count). The molecule has 0 unspecified atom stereocenters. The molecule has 1 aliphatic carbocycles. The van der Waals surface area contributed by atoms with E-state index in [1.165, 1.54) is 17.5 Å². The van der Waals surface area contributed by atoms with Gasteiger partial charge in [-0.25, -0.2) is 4.79 Å². The highest BCUT2D eigenvalue weighted by atomic mass is 127. The third-order valence-corrected chi connectivity index (χ3v) is 3.93. The third-order valence-electron chi connectivity index (χ3n) is 2.60. The molecule has 5 heteroatoms. The fraction of sp³-hybridized carbons (Fsp3) is 0.667. The van der Waals surface area contributed by atoms with Crippen molar-refractivity contribution in [3.8, 4) is 0 Å². The second kappa shape index (κ2) is 4.26. The minimum atomic E-state index is -0.485. The van der Waals surface area contributed by atoms with Crippen LogP contribution in [0.15, 0.2) is 0 Å². The van der Waals surface area contributed by atoms with E-state index < -0.39 is 5.60 Å². The highest BCUT2D eigenvalue weighted by Gasteiger charge is 2.32. The summed E-state index contributed by atoms with van der Waals surface area (Å²) in [6.07, 6.45) is 1.97. The van der Waals surface area contributed by atoms with Gasteiger partial charge in [-0.1, -0.05) is 0 Å². The Hall–Kier alpha value is -0.590. The van der Waals surface area contributed by atoms with Crippen LogP contribution in [0.2, 0.25) is 0 Å². The Balaban J connectivity index is 2.26. The summed E-state index contributed by atoms with van der Waals surface area (Å²) < 4.78 is 7.81. The van der Waals surface area contributed by atoms with Gasteiger partial charge in [-0.15, -0.1) is 0 Å². The first-order chi connectivity index (χ1) is 7.79. The van der Waals surface area contributed by atoms with Crippen molar-refractivity contribution in [1.82, 2.24) is 9.78 Å². The molecule has 1 aromatic rings. The number of carbonyl (C=O) groups is 1. The van der Waals surface area contributed by atoms with Crippen LogP contribution in [0.4, 0.5) is 4.79 Å². The third kappa shape index (κ3) is 2.81. The van der Waals surface area contributed by atoms with Crippen molar-refractivity contribution < 1.29 is 9.53 Å². The number of carbonyl (C=O) groups excluding carboxylic acids is 1. The summed E-state index contributed by atoms with van der Waals surface area (Å²) in [5.74, 6) is 0.546. The topological polar surface area (TPSA) is 44.1 Å². The lowest BCUT2D eigenvalue weighted by Gasteiger charge is -2.19. The molecule has 0 amide bonds. The van der Waals surface area contributed by atoms with Gasteiger partial charge >= 0.3 is 6.09 Å². The minimum absolute atomic E-state index is 0.389. The summed E-state index contributed by atoms with van der Waals surface area (Å²) in [5.41, 5.74) is 1.44. The maximum atomic E-state index is 12.0. The van der Waals surface area contributed by atoms with Crippen molar-refractivity contribution in [3.63, 3.8) is 0 Å². The Kier molecular flexibility index (Phi) is 3.22. The molecule has 0 radical (unpaired) electrons. The van der Waals surface area contributed by atoms with Gasteiger partial charge in [-0.05, 0) is 63.1 Å². The zero-order valence-corrected chi connectivity index (χ0v) is 12.7. The molecule has 17 heavy (non-hydrogen) atoms. The Bertz CT molecular complexity index is 456. The Morgan fingerprint density at radius 3 is 2.53 bits per heavy atom. The highest BCUT2D eigenvalue weighted by molar-refractivity contribution is 14.1. The lowest BCUT2D eigenvalue weighted by Crippen LogP contribution is -2.28. The van der Waals surface area contributed by atoms with Crippen LogP contribution >= 0.6 is 22.6 Å². The van der Waals surface area contributed by atoms with Crippen LogP contribution in [0.5, 0.6) is 0 Å². The quantitative estimate of drug-likeness (QED) is 0.730. The van der Waals surface area contributed by atoms with Gasteiger partial charge in [0.15, 0.2) is 0 Å². The number of aromatic nitrogens is 2. The van der Waals surface area contributed by atoms with Crippen LogP contribution in [-0.2, 0) is 4.74 Å². The van der Waals surface area contributed by atoms with Crippen molar-refractivity contribution in [2.45, 2.75) is 52.1 Å². The molecule has 0 N–H and O–H groups in total. The van der Waals surface area contributed by atoms with Crippen molar-refractivity contribution in [3.05, 3.63) is 15.0 Å². The van der Waals surface area contributed by atoms with Gasteiger partial charge in [0.1, 0.15) is 5.60 Å². The van der Waals surface area contributed by atoms with Gasteiger partial charge in [0.05, 0.1) is 15.0 Å². The van der Waals surface area contributed by atoms with Crippen molar-refractivity contribution in [2.24, 2.45) is 0 Å². The zero-order chi connectivity index (χ0) is 12.8. The second-order valence-electron chi connectivity index (χ2n) is 5.45. The maximum Gasteiger partial charge on any atom is 0.435 e. The number of hydrogen-bond acceptors (Lipinski definition) is 3. The number of nitrogens with zero attached hydrogens (tertiary/aromatic N) is 2. The van der Waals surface area contributed by atoms with Crippen molar-refractivity contribution in [2.75, 3.05) is 0 Å². The van der Waals surface area contributed by atoms with Crippen molar-refractivity contribution in [1.29, 1.82) is 0 Å². The highest BCUT2D eigenvalue weighted by Crippen LogP contribution is 2.41. The normalized spacial score (nSPS) is 16.1. The molecule has 0 aromatic carbocycles. The number of halogens is 1. The van der Waals surface area contributed by atoms with Gasteiger partial charge in [0.2, 0.25) is 0 Å². The van der Waals surface area contributed by atoms with E-state index in [0.717, 1.165) is 15.0 Å². The Labute approximate surface area is 115 Å². The van der Waals surface area contributed by atoms with Crippen LogP contribution in [0.3, 0.4) is 0 Å². The first kappa shape index (κ1) is 12.9. The fourth-order valence-electron chi connectivity index (χ4n) is 1.61. The minimum Gasteiger partial charge on any atom is -0.442 e. The molecule has 4 nitrogen and oxygen atoms in total. The molecule has 94 valence electrons. The fourth-order valence-corrected chi connectivity index (χ4v) is 2.38. The maximum absolute atomic E-state index is 12.0. The number of ether oxygens (including phenoxy) is 1. The molecule has 1 saturated carbocycles. The van der Waals surface area contributed by atoms with Crippen LogP contribution < -0.4 is 0 Å². The molecule has 1 fully saturated rings. The molecule has 0 aliphatic heterocycles. The summed E-state index contributed by atoms with van der Waals surface area (Å²) in [5, 5.41) is 4.39. The first-order valence-corrected chi connectivity index (χ1v) is 6.86. The molecule has 0 spiro atoms. The molecule has 0 saturated heterocycles. The predicted molar refractivity (Wildman–Crippen MR) is 73.3 cm³/mol. The van der Waals surface area contributed by atoms with E-state index in [2.05, 4.69) is 27.7 Å². The molecule has 0 bridgehead atoms. The molecule has 0 atom stereocenters. The largest absolute Gasteiger partial charge is 0.442 e. The van der Waals surface area contributed by atoms with Crippen LogP contribution in [-0.4, -0.2) is 21.5 Å². The lowest BCUT2D eigenvalue weighted by atomic mass is 10.2.